The topological polar surface area (TPSA) is 32.8 Å². The lowest BCUT2D eigenvalue weighted by Gasteiger charge is -2.45. The maximum atomic E-state index is 12.4. The monoisotopic (exact) mass is 470 g/mol. The van der Waals surface area contributed by atoms with Gasteiger partial charge in [-0.1, -0.05) is 17.7 Å². The first-order valence-corrected chi connectivity index (χ1v) is 10.7. The molecule has 2 aliphatic heterocycles. The zero-order valence-electron chi connectivity index (χ0n) is 16.5. The summed E-state index contributed by atoms with van der Waals surface area (Å²) in [5.74, 6) is 0. The van der Waals surface area contributed by atoms with E-state index in [1.165, 1.54) is 27.5 Å². The van der Waals surface area contributed by atoms with Crippen LogP contribution in [0.2, 0.25) is 0 Å². The van der Waals surface area contributed by atoms with Crippen molar-refractivity contribution < 1.29 is 9.53 Å². The van der Waals surface area contributed by atoms with E-state index in [4.69, 9.17) is 4.74 Å². The first kappa shape index (κ1) is 19.9. The summed E-state index contributed by atoms with van der Waals surface area (Å²) in [6.07, 6.45) is 4.44. The number of hydrogen-bond donors (Lipinski definition) is 0. The Labute approximate surface area is 171 Å². The van der Waals surface area contributed by atoms with Crippen molar-refractivity contribution in [2.24, 2.45) is 0 Å². The van der Waals surface area contributed by atoms with Gasteiger partial charge in [0.25, 0.3) is 0 Å². The molecular formula is C21H31IN2O2. The molecule has 2 aliphatic rings. The van der Waals surface area contributed by atoms with Gasteiger partial charge in [0.15, 0.2) is 0 Å². The second kappa shape index (κ2) is 7.66. The summed E-state index contributed by atoms with van der Waals surface area (Å²) in [4.78, 5) is 16.9. The highest BCUT2D eigenvalue weighted by atomic mass is 127. The summed E-state index contributed by atoms with van der Waals surface area (Å²) < 4.78 is 6.91. The van der Waals surface area contributed by atoms with Crippen molar-refractivity contribution in [3.8, 4) is 0 Å². The Hall–Kier alpha value is -0.820. The second-order valence-electron chi connectivity index (χ2n) is 8.81. The van der Waals surface area contributed by atoms with Crippen LogP contribution in [0.1, 0.15) is 57.6 Å². The van der Waals surface area contributed by atoms with Gasteiger partial charge in [-0.3, -0.25) is 4.90 Å². The SMILES string of the molecule is Cc1ccc(CN2CCCC23CCN(C(=O)OC(C)(C)C)CC3)c(I)c1. The first-order valence-electron chi connectivity index (χ1n) is 9.67. The summed E-state index contributed by atoms with van der Waals surface area (Å²) in [6.45, 7) is 11.7. The molecule has 3 rings (SSSR count). The van der Waals surface area contributed by atoms with Crippen LogP contribution in [0.4, 0.5) is 4.79 Å². The van der Waals surface area contributed by atoms with Crippen molar-refractivity contribution in [3.05, 3.63) is 32.9 Å². The van der Waals surface area contributed by atoms with Gasteiger partial charge < -0.3 is 9.64 Å². The number of nitrogens with zero attached hydrogens (tertiary/aromatic N) is 2. The predicted octanol–water partition coefficient (Wildman–Crippen LogP) is 4.97. The van der Waals surface area contributed by atoms with E-state index >= 15 is 0 Å². The number of ether oxygens (including phenoxy) is 1. The molecule has 144 valence electrons. The van der Waals surface area contributed by atoms with Crippen LogP contribution in [-0.2, 0) is 11.3 Å². The number of aryl methyl sites for hydroxylation is 1. The van der Waals surface area contributed by atoms with Gasteiger partial charge in [-0.2, -0.15) is 0 Å². The molecule has 0 bridgehead atoms. The molecule has 0 radical (unpaired) electrons. The number of carbonyl (C=O) groups excluding carboxylic acids is 1. The average Bonchev–Trinajstić information content (AvgIpc) is 2.91. The van der Waals surface area contributed by atoms with Crippen molar-refractivity contribution in [1.82, 2.24) is 9.80 Å². The van der Waals surface area contributed by atoms with Gasteiger partial charge in [-0.25, -0.2) is 4.79 Å². The molecule has 0 atom stereocenters. The van der Waals surface area contributed by atoms with Crippen LogP contribution < -0.4 is 0 Å². The quantitative estimate of drug-likeness (QED) is 0.573. The Kier molecular flexibility index (Phi) is 5.87. The third kappa shape index (κ3) is 4.53. The minimum atomic E-state index is -0.423. The van der Waals surface area contributed by atoms with Crippen LogP contribution >= 0.6 is 22.6 Å². The smallest absolute Gasteiger partial charge is 0.410 e. The van der Waals surface area contributed by atoms with E-state index in [0.717, 1.165) is 39.0 Å². The first-order chi connectivity index (χ1) is 12.2. The number of hydrogen-bond acceptors (Lipinski definition) is 3. The molecule has 4 nitrogen and oxygen atoms in total. The number of halogens is 1. The van der Waals surface area contributed by atoms with Crippen molar-refractivity contribution in [1.29, 1.82) is 0 Å². The molecule has 1 amide bonds. The molecule has 26 heavy (non-hydrogen) atoms. The number of amides is 1. The molecular weight excluding hydrogens is 439 g/mol. The molecule has 0 unspecified atom stereocenters. The molecule has 2 saturated heterocycles. The highest BCUT2D eigenvalue weighted by molar-refractivity contribution is 14.1. The van der Waals surface area contributed by atoms with Gasteiger partial charge >= 0.3 is 6.09 Å². The Bertz CT molecular complexity index is 660. The molecule has 2 fully saturated rings. The second-order valence-corrected chi connectivity index (χ2v) is 9.97. The number of benzene rings is 1. The number of carbonyl (C=O) groups is 1. The van der Waals surface area contributed by atoms with Gasteiger partial charge in [0.2, 0.25) is 0 Å². The van der Waals surface area contributed by atoms with Crippen LogP contribution in [-0.4, -0.2) is 46.7 Å². The van der Waals surface area contributed by atoms with Crippen LogP contribution in [0, 0.1) is 10.5 Å². The highest BCUT2D eigenvalue weighted by Gasteiger charge is 2.44. The van der Waals surface area contributed by atoms with Crippen molar-refractivity contribution in [3.63, 3.8) is 0 Å². The molecule has 1 aromatic rings. The Balaban J connectivity index is 1.64. The van der Waals surface area contributed by atoms with Crippen molar-refractivity contribution in [2.75, 3.05) is 19.6 Å². The van der Waals surface area contributed by atoms with Crippen LogP contribution in [0.15, 0.2) is 18.2 Å². The normalized spacial score (nSPS) is 20.6. The Morgan fingerprint density at radius 2 is 1.88 bits per heavy atom. The predicted molar refractivity (Wildman–Crippen MR) is 113 cm³/mol. The van der Waals surface area contributed by atoms with Gasteiger partial charge in [0.1, 0.15) is 5.60 Å². The fraction of sp³-hybridized carbons (Fsp3) is 0.667. The third-order valence-corrected chi connectivity index (χ3v) is 6.66. The maximum absolute atomic E-state index is 12.4. The summed E-state index contributed by atoms with van der Waals surface area (Å²) >= 11 is 2.46. The largest absolute Gasteiger partial charge is 0.444 e. The molecule has 0 aromatic heterocycles. The van der Waals surface area contributed by atoms with Crippen LogP contribution in [0.25, 0.3) is 0 Å². The summed E-state index contributed by atoms with van der Waals surface area (Å²) in [5, 5.41) is 0. The van der Waals surface area contributed by atoms with Crippen molar-refractivity contribution >= 4 is 28.7 Å². The van der Waals surface area contributed by atoms with Gasteiger partial charge in [0, 0.05) is 28.7 Å². The fourth-order valence-electron chi connectivity index (χ4n) is 4.23. The van der Waals surface area contributed by atoms with Gasteiger partial charge in [0.05, 0.1) is 0 Å². The fourth-order valence-corrected chi connectivity index (χ4v) is 5.07. The van der Waals surface area contributed by atoms with Crippen LogP contribution in [0.5, 0.6) is 0 Å². The number of piperidine rings is 1. The zero-order chi connectivity index (χ0) is 18.9. The van der Waals surface area contributed by atoms with Crippen molar-refractivity contribution in [2.45, 2.75) is 71.1 Å². The lowest BCUT2D eigenvalue weighted by molar-refractivity contribution is 0.00162. The Morgan fingerprint density at radius 3 is 2.50 bits per heavy atom. The highest BCUT2D eigenvalue weighted by Crippen LogP contribution is 2.40. The van der Waals surface area contributed by atoms with E-state index in [1.807, 2.05) is 25.7 Å². The minimum absolute atomic E-state index is 0.162. The van der Waals surface area contributed by atoms with E-state index in [1.54, 1.807) is 0 Å². The molecule has 5 heteroatoms. The molecule has 0 aliphatic carbocycles. The molecule has 1 spiro atoms. The van der Waals surface area contributed by atoms with E-state index in [9.17, 15) is 4.79 Å². The third-order valence-electron chi connectivity index (χ3n) is 5.66. The maximum Gasteiger partial charge on any atom is 0.410 e. The van der Waals surface area contributed by atoms with E-state index in [0.29, 0.717) is 0 Å². The molecule has 0 N–H and O–H groups in total. The number of likely N-dealkylation sites (tertiary alicyclic amines) is 2. The molecule has 0 saturated carbocycles. The summed E-state index contributed by atoms with van der Waals surface area (Å²) in [6, 6.07) is 6.76. The van der Waals surface area contributed by atoms with E-state index in [-0.39, 0.29) is 11.6 Å². The van der Waals surface area contributed by atoms with Crippen LogP contribution in [0.3, 0.4) is 0 Å². The standard InChI is InChI=1S/C21H31IN2O2/c1-16-6-7-17(18(22)14-16)15-24-11-5-8-21(24)9-12-23(13-10-21)19(25)26-20(2,3)4/h6-7,14H,5,8-13,15H2,1-4H3. The molecule has 2 heterocycles. The van der Waals surface area contributed by atoms with Gasteiger partial charge in [-0.15, -0.1) is 0 Å². The molecule has 1 aromatic carbocycles. The number of rotatable bonds is 2. The summed E-state index contributed by atoms with van der Waals surface area (Å²) in [5.41, 5.74) is 2.58. The summed E-state index contributed by atoms with van der Waals surface area (Å²) in [7, 11) is 0. The Morgan fingerprint density at radius 1 is 1.19 bits per heavy atom. The minimum Gasteiger partial charge on any atom is -0.444 e. The zero-order valence-corrected chi connectivity index (χ0v) is 18.6. The van der Waals surface area contributed by atoms with E-state index in [2.05, 4.69) is 52.6 Å². The average molecular weight is 470 g/mol. The van der Waals surface area contributed by atoms with E-state index < -0.39 is 5.60 Å². The lowest BCUT2D eigenvalue weighted by Crippen LogP contribution is -2.53. The lowest BCUT2D eigenvalue weighted by atomic mass is 9.85. The van der Waals surface area contributed by atoms with Gasteiger partial charge in [-0.05, 0) is 94.1 Å².